The van der Waals surface area contributed by atoms with Gasteiger partial charge in [-0.25, -0.2) is 9.13 Å². The van der Waals surface area contributed by atoms with E-state index in [4.69, 9.17) is 37.0 Å². The third kappa shape index (κ3) is 74.7. The molecule has 0 radical (unpaired) electrons. The number of hydrogen-bond acceptors (Lipinski definition) is 15. The van der Waals surface area contributed by atoms with Gasteiger partial charge in [-0.3, -0.25) is 37.3 Å². The molecule has 6 atom stereocenters. The third-order valence-electron chi connectivity index (χ3n) is 19.6. The molecule has 0 amide bonds. The van der Waals surface area contributed by atoms with Crippen molar-refractivity contribution in [2.75, 3.05) is 39.6 Å². The maximum absolute atomic E-state index is 13.1. The smallest absolute Gasteiger partial charge is 0.462 e. The highest BCUT2D eigenvalue weighted by molar-refractivity contribution is 7.47. The molecule has 0 aliphatic rings. The van der Waals surface area contributed by atoms with Crippen LogP contribution in [0.15, 0.2) is 0 Å². The number of aliphatic hydroxyl groups excluding tert-OH is 1. The minimum absolute atomic E-state index is 0.103. The monoisotopic (exact) mass is 1480 g/mol. The molecule has 0 aromatic carbocycles. The second-order valence-corrected chi connectivity index (χ2v) is 32.7. The minimum Gasteiger partial charge on any atom is -0.462 e. The zero-order valence-electron chi connectivity index (χ0n) is 66.1. The topological polar surface area (TPSA) is 237 Å². The number of rotatable bonds is 82. The van der Waals surface area contributed by atoms with Gasteiger partial charge in [-0.15, -0.1) is 0 Å². The van der Waals surface area contributed by atoms with Gasteiger partial charge >= 0.3 is 39.5 Å². The Labute approximate surface area is 619 Å². The number of unbranched alkanes of at least 4 members (excludes halogenated alkanes) is 53. The van der Waals surface area contributed by atoms with Gasteiger partial charge in [-0.05, 0) is 31.6 Å². The van der Waals surface area contributed by atoms with Crippen molar-refractivity contribution in [1.82, 2.24) is 0 Å². The lowest BCUT2D eigenvalue weighted by atomic mass is 10.00. The van der Waals surface area contributed by atoms with Gasteiger partial charge in [0.15, 0.2) is 12.2 Å². The lowest BCUT2D eigenvalue weighted by Crippen LogP contribution is -2.30. The molecule has 19 heteroatoms. The summed E-state index contributed by atoms with van der Waals surface area (Å²) in [4.78, 5) is 72.9. The molecule has 3 unspecified atom stereocenters. The van der Waals surface area contributed by atoms with Crippen LogP contribution in [0.2, 0.25) is 0 Å². The summed E-state index contributed by atoms with van der Waals surface area (Å²) >= 11 is 0. The summed E-state index contributed by atoms with van der Waals surface area (Å²) in [5.41, 5.74) is 0. The van der Waals surface area contributed by atoms with Crippen LogP contribution in [0.25, 0.3) is 0 Å². The van der Waals surface area contributed by atoms with E-state index in [1.165, 1.54) is 257 Å². The van der Waals surface area contributed by atoms with Crippen LogP contribution in [-0.4, -0.2) is 96.7 Å². The summed E-state index contributed by atoms with van der Waals surface area (Å²) in [7, 11) is -9.91. The van der Waals surface area contributed by atoms with Crippen LogP contribution in [0, 0.1) is 5.92 Å². The molecule has 0 fully saturated rings. The average molecular weight is 1480 g/mol. The van der Waals surface area contributed by atoms with Crippen LogP contribution in [0.1, 0.15) is 439 Å². The summed E-state index contributed by atoms with van der Waals surface area (Å²) in [6.07, 6.45) is 67.1. The maximum atomic E-state index is 13.1. The zero-order chi connectivity index (χ0) is 74.1. The van der Waals surface area contributed by atoms with Gasteiger partial charge in [0.05, 0.1) is 26.4 Å². The van der Waals surface area contributed by atoms with Crippen molar-refractivity contribution in [1.29, 1.82) is 0 Å². The predicted molar refractivity (Wildman–Crippen MR) is 414 cm³/mol. The molecule has 0 aromatic rings. The SMILES string of the molecule is CCCCCCCCCCCCCCCCCCCCCCCCC(=O)O[C@H](COC(=O)CCCCCCCCCCCCCCCCCCCCCCC)COP(=O)(O)OC[C@@H](O)COP(=O)(O)OC[C@@H](COC(=O)CCCCCCCCCC)OC(=O)CCCCCCCCC(C)CC. The van der Waals surface area contributed by atoms with E-state index in [1.807, 2.05) is 0 Å². The molecular weight excluding hydrogens is 1320 g/mol. The van der Waals surface area contributed by atoms with Crippen LogP contribution in [0.4, 0.5) is 0 Å². The van der Waals surface area contributed by atoms with E-state index in [-0.39, 0.29) is 25.7 Å². The van der Waals surface area contributed by atoms with Crippen molar-refractivity contribution in [2.45, 2.75) is 457 Å². The Hall–Kier alpha value is -1.94. The standard InChI is InChI=1S/C82H160O17P2/c1-6-10-13-16-19-22-24-26-28-30-32-34-36-38-40-42-44-46-48-51-57-62-67-81(86)98-77(71-93-80(85)66-61-56-50-47-45-43-41-39-37-35-33-31-29-27-25-23-20-17-14-11-7-2)73-96-100(88,89)94-69-76(83)70-95-101(90,91)97-74-78(72-92-79(84)65-60-55-49-21-18-15-12-8-3)99-82(87)68-63-58-53-52-54-59-64-75(5)9-4/h75-78,83H,6-74H2,1-5H3,(H,88,89)(H,90,91)/t75?,76-,77-,78-/m1/s1. The average Bonchev–Trinajstić information content (AvgIpc) is 0.989. The number of carbonyl (C=O) groups is 4. The number of phosphoric ester groups is 2. The van der Waals surface area contributed by atoms with E-state index in [9.17, 15) is 43.2 Å². The zero-order valence-corrected chi connectivity index (χ0v) is 67.8. The molecule has 600 valence electrons. The first kappa shape index (κ1) is 99.1. The number of ether oxygens (including phenoxy) is 4. The van der Waals surface area contributed by atoms with E-state index in [0.717, 1.165) is 102 Å². The highest BCUT2D eigenvalue weighted by Gasteiger charge is 2.30. The number of phosphoric acid groups is 2. The minimum atomic E-state index is -4.96. The number of esters is 4. The summed E-state index contributed by atoms with van der Waals surface area (Å²) in [6, 6.07) is 0. The molecule has 0 bridgehead atoms. The first-order valence-electron chi connectivity index (χ1n) is 42.7. The summed E-state index contributed by atoms with van der Waals surface area (Å²) in [6.45, 7) is 7.24. The Morgan fingerprint density at radius 2 is 0.475 bits per heavy atom. The van der Waals surface area contributed by atoms with Crippen molar-refractivity contribution >= 4 is 39.5 Å². The fourth-order valence-electron chi connectivity index (χ4n) is 12.7. The van der Waals surface area contributed by atoms with Gasteiger partial charge in [0.2, 0.25) is 0 Å². The maximum Gasteiger partial charge on any atom is 0.472 e. The van der Waals surface area contributed by atoms with Gasteiger partial charge in [-0.2, -0.15) is 0 Å². The Morgan fingerprint density at radius 3 is 0.703 bits per heavy atom. The van der Waals surface area contributed by atoms with Crippen molar-refractivity contribution < 1.29 is 80.2 Å². The van der Waals surface area contributed by atoms with Crippen LogP contribution in [0.3, 0.4) is 0 Å². The van der Waals surface area contributed by atoms with E-state index in [1.54, 1.807) is 0 Å². The van der Waals surface area contributed by atoms with Crippen molar-refractivity contribution in [3.63, 3.8) is 0 Å². The van der Waals surface area contributed by atoms with Crippen LogP contribution in [-0.2, 0) is 65.4 Å². The fraction of sp³-hybridized carbons (Fsp3) is 0.951. The lowest BCUT2D eigenvalue weighted by Gasteiger charge is -2.21. The summed E-state index contributed by atoms with van der Waals surface area (Å²) < 4.78 is 68.6. The van der Waals surface area contributed by atoms with Gasteiger partial charge in [0.25, 0.3) is 0 Å². The summed E-state index contributed by atoms with van der Waals surface area (Å²) in [5.74, 6) is -1.39. The second-order valence-electron chi connectivity index (χ2n) is 29.8. The molecule has 0 rings (SSSR count). The van der Waals surface area contributed by atoms with E-state index in [0.29, 0.717) is 25.7 Å². The van der Waals surface area contributed by atoms with Gasteiger partial charge in [-0.1, -0.05) is 388 Å². The highest BCUT2D eigenvalue weighted by Crippen LogP contribution is 2.45. The van der Waals surface area contributed by atoms with Crippen molar-refractivity contribution in [3.05, 3.63) is 0 Å². The number of hydrogen-bond donors (Lipinski definition) is 3. The first-order chi connectivity index (χ1) is 49.1. The molecular formula is C82H160O17P2. The largest absolute Gasteiger partial charge is 0.472 e. The molecule has 101 heavy (non-hydrogen) atoms. The molecule has 17 nitrogen and oxygen atoms in total. The quantitative estimate of drug-likeness (QED) is 0.0222. The lowest BCUT2D eigenvalue weighted by molar-refractivity contribution is -0.161. The van der Waals surface area contributed by atoms with Crippen LogP contribution >= 0.6 is 15.6 Å². The van der Waals surface area contributed by atoms with Gasteiger partial charge in [0, 0.05) is 25.7 Å². The fourth-order valence-corrected chi connectivity index (χ4v) is 14.3. The molecule has 0 spiro atoms. The number of aliphatic hydroxyl groups is 1. The molecule has 3 N–H and O–H groups in total. The van der Waals surface area contributed by atoms with E-state index < -0.39 is 97.5 Å². The van der Waals surface area contributed by atoms with Crippen molar-refractivity contribution in [3.8, 4) is 0 Å². The van der Waals surface area contributed by atoms with Crippen LogP contribution in [0.5, 0.6) is 0 Å². The van der Waals surface area contributed by atoms with Crippen molar-refractivity contribution in [2.24, 2.45) is 5.92 Å². The van der Waals surface area contributed by atoms with Gasteiger partial charge < -0.3 is 33.8 Å². The highest BCUT2D eigenvalue weighted by atomic mass is 31.2. The molecule has 0 aliphatic heterocycles. The third-order valence-corrected chi connectivity index (χ3v) is 21.5. The Bertz CT molecular complexity index is 1930. The first-order valence-corrected chi connectivity index (χ1v) is 45.7. The molecule has 0 aliphatic carbocycles. The normalized spacial score (nSPS) is 14.1. The van der Waals surface area contributed by atoms with Crippen LogP contribution < -0.4 is 0 Å². The molecule has 0 saturated carbocycles. The summed E-state index contributed by atoms with van der Waals surface area (Å²) in [5, 5.41) is 10.6. The predicted octanol–water partition coefficient (Wildman–Crippen LogP) is 24.8. The Kier molecular flexibility index (Phi) is 73.5. The van der Waals surface area contributed by atoms with Gasteiger partial charge in [0.1, 0.15) is 19.3 Å². The van der Waals surface area contributed by atoms with E-state index in [2.05, 4.69) is 34.6 Å². The molecule has 0 aromatic heterocycles. The molecule has 0 saturated heterocycles. The van der Waals surface area contributed by atoms with E-state index >= 15 is 0 Å². The molecule has 0 heterocycles. The number of carbonyl (C=O) groups excluding carboxylic acids is 4. The second kappa shape index (κ2) is 74.9. The Balaban J connectivity index is 5.14. The Morgan fingerprint density at radius 1 is 0.277 bits per heavy atom.